The lowest BCUT2D eigenvalue weighted by atomic mass is 9.98. The zero-order chi connectivity index (χ0) is 19.8. The summed E-state index contributed by atoms with van der Waals surface area (Å²) in [6, 6.07) is 19.8. The summed E-state index contributed by atoms with van der Waals surface area (Å²) in [5.41, 5.74) is 2.08. The van der Waals surface area contributed by atoms with Crippen LogP contribution in [-0.4, -0.2) is 56.6 Å². The van der Waals surface area contributed by atoms with Crippen LogP contribution in [0, 0.1) is 0 Å². The zero-order valence-corrected chi connectivity index (χ0v) is 16.3. The number of benzene rings is 2. The molecule has 1 aliphatic heterocycles. The average molecular weight is 388 g/mol. The molecule has 1 heterocycles. The van der Waals surface area contributed by atoms with Crippen LogP contribution in [0.25, 0.3) is 0 Å². The van der Waals surface area contributed by atoms with Gasteiger partial charge in [0.1, 0.15) is 24.4 Å². The molecule has 0 unspecified atom stereocenters. The maximum atomic E-state index is 9.75. The Kier molecular flexibility index (Phi) is 7.97. The molecule has 0 aliphatic carbocycles. The van der Waals surface area contributed by atoms with E-state index in [4.69, 9.17) is 23.7 Å². The molecular weight excluding hydrogens is 360 g/mol. The molecule has 0 bridgehead atoms. The maximum Gasteiger partial charge on any atom is 0.186 e. The van der Waals surface area contributed by atoms with Gasteiger partial charge < -0.3 is 28.8 Å². The molecule has 28 heavy (non-hydrogen) atoms. The molecule has 152 valence electrons. The Balaban J connectivity index is 1.77. The fraction of sp³-hybridized carbons (Fsp3) is 0.455. The molecular formula is C22H28O6. The van der Waals surface area contributed by atoms with E-state index in [2.05, 4.69) is 0 Å². The Morgan fingerprint density at radius 2 is 1.29 bits per heavy atom. The highest BCUT2D eigenvalue weighted by atomic mass is 16.7. The molecule has 1 fully saturated rings. The standard InChI is InChI=1S/C22H28O6/c1-24-19-18(13-23)28-22(25-2)21(27-15-17-11-7-4-8-12-17)20(19)26-14-16-9-5-3-6-10-16/h3-12,18-23H,13-15H2,1-2H3/t18-,19-,20+,21-,22-/m1/s1. The Hall–Kier alpha value is -1.80. The highest BCUT2D eigenvalue weighted by molar-refractivity contribution is 5.14. The minimum atomic E-state index is -0.673. The molecule has 0 amide bonds. The minimum Gasteiger partial charge on any atom is -0.394 e. The highest BCUT2D eigenvalue weighted by Gasteiger charge is 2.48. The number of aliphatic hydroxyl groups is 1. The zero-order valence-electron chi connectivity index (χ0n) is 16.3. The van der Waals surface area contributed by atoms with Crippen LogP contribution in [0.5, 0.6) is 0 Å². The van der Waals surface area contributed by atoms with Crippen LogP contribution in [0.15, 0.2) is 60.7 Å². The Labute approximate surface area is 165 Å². The SMILES string of the molecule is CO[C@@H]1O[C@H](CO)[C@@H](OC)[C@H](OCc2ccccc2)[C@H]1OCc1ccccc1. The summed E-state index contributed by atoms with van der Waals surface area (Å²) in [7, 11) is 3.14. The summed E-state index contributed by atoms with van der Waals surface area (Å²) in [4.78, 5) is 0. The van der Waals surface area contributed by atoms with Crippen molar-refractivity contribution in [1.29, 1.82) is 0 Å². The normalized spacial score (nSPS) is 27.6. The average Bonchev–Trinajstić information content (AvgIpc) is 2.76. The van der Waals surface area contributed by atoms with Crippen molar-refractivity contribution in [3.63, 3.8) is 0 Å². The van der Waals surface area contributed by atoms with Crippen molar-refractivity contribution in [2.24, 2.45) is 0 Å². The van der Waals surface area contributed by atoms with Crippen molar-refractivity contribution in [2.75, 3.05) is 20.8 Å². The first kappa shape index (κ1) is 20.9. The van der Waals surface area contributed by atoms with Gasteiger partial charge in [-0.15, -0.1) is 0 Å². The van der Waals surface area contributed by atoms with Crippen LogP contribution in [0.4, 0.5) is 0 Å². The summed E-state index contributed by atoms with van der Waals surface area (Å²) < 4.78 is 29.4. The summed E-state index contributed by atoms with van der Waals surface area (Å²) >= 11 is 0. The summed E-state index contributed by atoms with van der Waals surface area (Å²) in [6.07, 6.45) is -2.70. The highest BCUT2D eigenvalue weighted by Crippen LogP contribution is 2.29. The first-order valence-corrected chi connectivity index (χ1v) is 9.39. The monoisotopic (exact) mass is 388 g/mol. The molecule has 2 aromatic rings. The molecule has 5 atom stereocenters. The van der Waals surface area contributed by atoms with Crippen molar-refractivity contribution in [2.45, 2.75) is 43.9 Å². The summed E-state index contributed by atoms with van der Waals surface area (Å²) in [5, 5.41) is 9.75. The number of rotatable bonds is 9. The summed E-state index contributed by atoms with van der Waals surface area (Å²) in [6.45, 7) is 0.584. The third kappa shape index (κ3) is 5.17. The van der Waals surface area contributed by atoms with Gasteiger partial charge in [0, 0.05) is 14.2 Å². The molecule has 0 saturated carbocycles. The van der Waals surface area contributed by atoms with Gasteiger partial charge in [0.05, 0.1) is 19.8 Å². The predicted octanol–water partition coefficient (Wildman–Crippen LogP) is 2.54. The van der Waals surface area contributed by atoms with Gasteiger partial charge in [-0.3, -0.25) is 0 Å². The molecule has 6 nitrogen and oxygen atoms in total. The van der Waals surface area contributed by atoms with E-state index in [0.717, 1.165) is 11.1 Å². The number of aliphatic hydroxyl groups excluding tert-OH is 1. The van der Waals surface area contributed by atoms with Gasteiger partial charge in [-0.2, -0.15) is 0 Å². The lowest BCUT2D eigenvalue weighted by Gasteiger charge is -2.44. The van der Waals surface area contributed by atoms with Gasteiger partial charge in [-0.1, -0.05) is 60.7 Å². The lowest BCUT2D eigenvalue weighted by molar-refractivity contribution is -0.317. The molecule has 0 radical (unpaired) electrons. The van der Waals surface area contributed by atoms with E-state index in [1.165, 1.54) is 0 Å². The fourth-order valence-corrected chi connectivity index (χ4v) is 3.40. The van der Waals surface area contributed by atoms with E-state index < -0.39 is 30.7 Å². The number of ether oxygens (including phenoxy) is 5. The topological polar surface area (TPSA) is 66.4 Å². The van der Waals surface area contributed by atoms with Crippen LogP contribution >= 0.6 is 0 Å². The molecule has 0 aromatic heterocycles. The van der Waals surface area contributed by atoms with Crippen molar-refractivity contribution in [3.8, 4) is 0 Å². The van der Waals surface area contributed by atoms with Crippen LogP contribution in [0.1, 0.15) is 11.1 Å². The maximum absolute atomic E-state index is 9.75. The molecule has 6 heteroatoms. The van der Waals surface area contributed by atoms with Gasteiger partial charge in [0.25, 0.3) is 0 Å². The second-order valence-electron chi connectivity index (χ2n) is 6.68. The molecule has 1 saturated heterocycles. The molecule has 1 aliphatic rings. The van der Waals surface area contributed by atoms with Crippen molar-refractivity contribution < 1.29 is 28.8 Å². The first-order chi connectivity index (χ1) is 13.8. The largest absolute Gasteiger partial charge is 0.394 e. The van der Waals surface area contributed by atoms with Gasteiger partial charge in [0.2, 0.25) is 0 Å². The Morgan fingerprint density at radius 3 is 1.75 bits per heavy atom. The van der Waals surface area contributed by atoms with Crippen LogP contribution < -0.4 is 0 Å². The second kappa shape index (κ2) is 10.7. The van der Waals surface area contributed by atoms with Gasteiger partial charge in [-0.05, 0) is 11.1 Å². The lowest BCUT2D eigenvalue weighted by Crippen LogP contribution is -2.61. The van der Waals surface area contributed by atoms with Crippen LogP contribution in [0.2, 0.25) is 0 Å². The van der Waals surface area contributed by atoms with E-state index in [1.807, 2.05) is 60.7 Å². The van der Waals surface area contributed by atoms with E-state index in [1.54, 1.807) is 14.2 Å². The van der Waals surface area contributed by atoms with E-state index in [0.29, 0.717) is 13.2 Å². The first-order valence-electron chi connectivity index (χ1n) is 9.39. The summed E-state index contributed by atoms with van der Waals surface area (Å²) in [5.74, 6) is 0. The van der Waals surface area contributed by atoms with E-state index >= 15 is 0 Å². The minimum absolute atomic E-state index is 0.199. The van der Waals surface area contributed by atoms with Gasteiger partial charge >= 0.3 is 0 Å². The molecule has 2 aromatic carbocycles. The van der Waals surface area contributed by atoms with Crippen molar-refractivity contribution in [1.82, 2.24) is 0 Å². The van der Waals surface area contributed by atoms with Crippen molar-refractivity contribution >= 4 is 0 Å². The molecule has 3 rings (SSSR count). The second-order valence-corrected chi connectivity index (χ2v) is 6.68. The van der Waals surface area contributed by atoms with Crippen LogP contribution in [-0.2, 0) is 36.9 Å². The molecule has 0 spiro atoms. The number of hydrogen-bond acceptors (Lipinski definition) is 6. The van der Waals surface area contributed by atoms with E-state index in [9.17, 15) is 5.11 Å². The fourth-order valence-electron chi connectivity index (χ4n) is 3.40. The van der Waals surface area contributed by atoms with Crippen molar-refractivity contribution in [3.05, 3.63) is 71.8 Å². The quantitative estimate of drug-likeness (QED) is 0.712. The third-order valence-corrected chi connectivity index (χ3v) is 4.85. The third-order valence-electron chi connectivity index (χ3n) is 4.85. The van der Waals surface area contributed by atoms with Gasteiger partial charge in [-0.25, -0.2) is 0 Å². The van der Waals surface area contributed by atoms with Crippen LogP contribution in [0.3, 0.4) is 0 Å². The Morgan fingerprint density at radius 1 is 0.750 bits per heavy atom. The number of methoxy groups -OCH3 is 2. The van der Waals surface area contributed by atoms with E-state index in [-0.39, 0.29) is 6.61 Å². The Bertz CT molecular complexity index is 680. The smallest absolute Gasteiger partial charge is 0.186 e. The predicted molar refractivity (Wildman–Crippen MR) is 104 cm³/mol. The number of hydrogen-bond donors (Lipinski definition) is 1. The van der Waals surface area contributed by atoms with Gasteiger partial charge in [0.15, 0.2) is 6.29 Å². The molecule has 1 N–H and O–H groups in total.